The predicted molar refractivity (Wildman–Crippen MR) is 130 cm³/mol. The minimum Gasteiger partial charge on any atom is -0.369 e. The van der Waals surface area contributed by atoms with Gasteiger partial charge in [0.15, 0.2) is 0 Å². The molecule has 35 heavy (non-hydrogen) atoms. The van der Waals surface area contributed by atoms with Crippen molar-refractivity contribution >= 4 is 37.3 Å². The maximum Gasteiger partial charge on any atom is 0.342 e. The number of piperidine rings is 1. The Hall–Kier alpha value is -2.67. The zero-order valence-corrected chi connectivity index (χ0v) is 21.4. The molecule has 0 spiro atoms. The molecule has 1 aliphatic rings. The van der Waals surface area contributed by atoms with Crippen molar-refractivity contribution in [3.8, 4) is 0 Å². The topological polar surface area (TPSA) is 102 Å². The van der Waals surface area contributed by atoms with Crippen LogP contribution in [0.2, 0.25) is 5.02 Å². The minimum atomic E-state index is -4.49. The molecule has 1 fully saturated rings. The summed E-state index contributed by atoms with van der Waals surface area (Å²) < 4.78 is 69.2. The Morgan fingerprint density at radius 2 is 1.60 bits per heavy atom. The fourth-order valence-corrected chi connectivity index (χ4v) is 7.19. The zero-order valence-electron chi connectivity index (χ0n) is 19.0. The molecule has 4 rings (SSSR count). The van der Waals surface area contributed by atoms with Crippen LogP contribution < -0.4 is 10.6 Å². The van der Waals surface area contributed by atoms with Gasteiger partial charge in [-0.1, -0.05) is 23.7 Å². The molecule has 0 atom stereocenters. The first-order chi connectivity index (χ1) is 16.4. The molecule has 3 aromatic rings. The summed E-state index contributed by atoms with van der Waals surface area (Å²) in [6.07, 6.45) is 3.48. The molecular weight excluding hydrogens is 519 g/mol. The average Bonchev–Trinajstić information content (AvgIpc) is 3.21. The van der Waals surface area contributed by atoms with Gasteiger partial charge in [0.25, 0.3) is 10.0 Å². The highest BCUT2D eigenvalue weighted by Gasteiger charge is 2.31. The number of anilines is 1. The maximum atomic E-state index is 14.3. The number of rotatable bonds is 6. The molecule has 1 aromatic heterocycles. The summed E-state index contributed by atoms with van der Waals surface area (Å²) in [5.74, 6) is -0.434. The van der Waals surface area contributed by atoms with Gasteiger partial charge in [0.1, 0.15) is 15.6 Å². The summed E-state index contributed by atoms with van der Waals surface area (Å²) in [4.78, 5) is 14.1. The van der Waals surface area contributed by atoms with E-state index in [1.54, 1.807) is 12.1 Å². The van der Waals surface area contributed by atoms with Gasteiger partial charge in [-0.15, -0.1) is 0 Å². The van der Waals surface area contributed by atoms with Crippen LogP contribution in [0.5, 0.6) is 0 Å². The van der Waals surface area contributed by atoms with Crippen LogP contribution in [0.4, 0.5) is 10.1 Å². The van der Waals surface area contributed by atoms with Crippen molar-refractivity contribution in [3.05, 3.63) is 76.2 Å². The first-order valence-electron chi connectivity index (χ1n) is 10.7. The molecule has 0 saturated carbocycles. The first kappa shape index (κ1) is 25.4. The van der Waals surface area contributed by atoms with Crippen molar-refractivity contribution in [2.45, 2.75) is 28.7 Å². The second-order valence-corrected chi connectivity index (χ2v) is 12.7. The van der Waals surface area contributed by atoms with E-state index in [1.807, 2.05) is 4.90 Å². The fourth-order valence-electron chi connectivity index (χ4n) is 4.14. The van der Waals surface area contributed by atoms with E-state index in [-0.39, 0.29) is 6.04 Å². The van der Waals surface area contributed by atoms with Gasteiger partial charge in [-0.2, -0.15) is 3.97 Å². The van der Waals surface area contributed by atoms with Crippen LogP contribution in [0.25, 0.3) is 0 Å². The van der Waals surface area contributed by atoms with Crippen LogP contribution in [0.15, 0.2) is 69.4 Å². The number of sulfonamides is 1. The molecule has 0 aliphatic carbocycles. The van der Waals surface area contributed by atoms with E-state index >= 15 is 0 Å². The van der Waals surface area contributed by atoms with E-state index in [0.29, 0.717) is 40.6 Å². The minimum absolute atomic E-state index is 0.300. The van der Waals surface area contributed by atoms with Crippen molar-refractivity contribution in [2.24, 2.45) is 0 Å². The second kappa shape index (κ2) is 9.41. The van der Waals surface area contributed by atoms with Gasteiger partial charge in [0.05, 0.1) is 5.69 Å². The van der Waals surface area contributed by atoms with Gasteiger partial charge >= 0.3 is 5.69 Å². The average molecular weight is 543 g/mol. The Labute approximate surface area is 208 Å². The molecule has 188 valence electrons. The highest BCUT2D eigenvalue weighted by atomic mass is 35.5. The third kappa shape index (κ3) is 4.63. The summed E-state index contributed by atoms with van der Waals surface area (Å²) in [6, 6.07) is 9.32. The molecule has 1 aliphatic heterocycles. The van der Waals surface area contributed by atoms with E-state index in [1.165, 1.54) is 49.1 Å². The lowest BCUT2D eigenvalue weighted by molar-refractivity contribution is 0.385. The number of aromatic nitrogens is 2. The van der Waals surface area contributed by atoms with E-state index < -0.39 is 41.3 Å². The number of nitrogens with zero attached hydrogens (tertiary/aromatic N) is 4. The summed E-state index contributed by atoms with van der Waals surface area (Å²) >= 11 is 5.83. The SMILES string of the molecule is CN(C)S(=O)(=O)c1ccccc1S(=O)(=O)n1ccn(C2CCN(c3ccc(Cl)cc3F)CC2)c1=O. The lowest BCUT2D eigenvalue weighted by Gasteiger charge is -2.34. The second-order valence-electron chi connectivity index (χ2n) is 8.34. The van der Waals surface area contributed by atoms with Gasteiger partial charge in [-0.3, -0.25) is 4.57 Å². The molecule has 2 heterocycles. The molecule has 0 unspecified atom stereocenters. The molecule has 0 N–H and O–H groups in total. The van der Waals surface area contributed by atoms with Crippen molar-refractivity contribution in [3.63, 3.8) is 0 Å². The zero-order chi connectivity index (χ0) is 25.5. The van der Waals surface area contributed by atoms with Crippen molar-refractivity contribution < 1.29 is 21.2 Å². The third-order valence-electron chi connectivity index (χ3n) is 6.03. The molecular formula is C22H24ClFN4O5S2. The summed E-state index contributed by atoms with van der Waals surface area (Å²) in [6.45, 7) is 0.912. The van der Waals surface area contributed by atoms with Gasteiger partial charge in [-0.05, 0) is 43.2 Å². The normalized spacial score (nSPS) is 15.6. The van der Waals surface area contributed by atoms with E-state index in [9.17, 15) is 26.0 Å². The Balaban J connectivity index is 1.62. The van der Waals surface area contributed by atoms with Crippen molar-refractivity contribution in [1.82, 2.24) is 12.8 Å². The summed E-state index contributed by atoms with van der Waals surface area (Å²) in [7, 11) is -5.98. The summed E-state index contributed by atoms with van der Waals surface area (Å²) in [5, 5.41) is 0.301. The van der Waals surface area contributed by atoms with Crippen LogP contribution in [0.3, 0.4) is 0 Å². The van der Waals surface area contributed by atoms with Crippen molar-refractivity contribution in [1.29, 1.82) is 0 Å². The first-order valence-corrected chi connectivity index (χ1v) is 14.0. The number of halogens is 2. The largest absolute Gasteiger partial charge is 0.369 e. The van der Waals surface area contributed by atoms with Gasteiger partial charge in [0.2, 0.25) is 10.0 Å². The monoisotopic (exact) mass is 542 g/mol. The van der Waals surface area contributed by atoms with E-state index in [2.05, 4.69) is 0 Å². The number of imidazole rings is 1. The molecule has 0 radical (unpaired) electrons. The highest BCUT2D eigenvalue weighted by molar-refractivity contribution is 7.92. The Kier molecular flexibility index (Phi) is 6.84. The van der Waals surface area contributed by atoms with Gasteiger partial charge in [0, 0.05) is 50.6 Å². The molecule has 0 amide bonds. The maximum absolute atomic E-state index is 14.3. The predicted octanol–water partition coefficient (Wildman–Crippen LogP) is 2.77. The van der Waals surface area contributed by atoms with E-state index in [0.717, 1.165) is 16.6 Å². The molecule has 0 bridgehead atoms. The number of hydrogen-bond donors (Lipinski definition) is 0. The van der Waals surface area contributed by atoms with E-state index in [4.69, 9.17) is 11.6 Å². The van der Waals surface area contributed by atoms with Gasteiger partial charge < -0.3 is 4.90 Å². The molecule has 1 saturated heterocycles. The standard InChI is InChI=1S/C22H24ClFN4O5S2/c1-25(2)34(30,31)20-5-3-4-6-21(20)35(32,33)28-14-13-27(22(28)29)17-9-11-26(12-10-17)19-8-7-16(23)15-18(19)24/h3-8,13-15,17H,9-12H2,1-2H3. The van der Waals surface area contributed by atoms with Crippen LogP contribution in [0.1, 0.15) is 18.9 Å². The quantitative estimate of drug-likeness (QED) is 0.475. The van der Waals surface area contributed by atoms with Gasteiger partial charge in [-0.25, -0.2) is 30.3 Å². The molecule has 2 aromatic carbocycles. The van der Waals surface area contributed by atoms with Crippen LogP contribution in [-0.2, 0) is 20.0 Å². The van der Waals surface area contributed by atoms with Crippen molar-refractivity contribution in [2.75, 3.05) is 32.1 Å². The fraction of sp³-hybridized carbons (Fsp3) is 0.318. The lowest BCUT2D eigenvalue weighted by Crippen LogP contribution is -2.39. The number of benzene rings is 2. The van der Waals surface area contributed by atoms with Crippen LogP contribution in [-0.4, -0.2) is 56.9 Å². The smallest absolute Gasteiger partial charge is 0.342 e. The van der Waals surface area contributed by atoms with Crippen LogP contribution >= 0.6 is 11.6 Å². The summed E-state index contributed by atoms with van der Waals surface area (Å²) in [5.41, 5.74) is -0.378. The molecule has 9 nitrogen and oxygen atoms in total. The number of hydrogen-bond acceptors (Lipinski definition) is 6. The van der Waals surface area contributed by atoms with Crippen LogP contribution in [0, 0.1) is 5.82 Å². The Bertz CT molecular complexity index is 1530. The molecule has 13 heteroatoms. The lowest BCUT2D eigenvalue weighted by atomic mass is 10.0. The Morgan fingerprint density at radius 3 is 2.20 bits per heavy atom. The Morgan fingerprint density at radius 1 is 0.971 bits per heavy atom. The third-order valence-corrected chi connectivity index (χ3v) is 9.97. The highest BCUT2D eigenvalue weighted by Crippen LogP contribution is 2.29.